The third kappa shape index (κ3) is 3.83. The summed E-state index contributed by atoms with van der Waals surface area (Å²) in [6, 6.07) is 9.22. The number of hydrogen-bond donors (Lipinski definition) is 2. The molecule has 0 atom stereocenters. The molecule has 2 aromatic carbocycles. The summed E-state index contributed by atoms with van der Waals surface area (Å²) in [7, 11) is 0. The fraction of sp³-hybridized carbons (Fsp3) is 0.0625. The summed E-state index contributed by atoms with van der Waals surface area (Å²) in [6.07, 6.45) is 1.39. The summed E-state index contributed by atoms with van der Waals surface area (Å²) in [5.74, 6) is -1.22. The highest BCUT2D eigenvalue weighted by Crippen LogP contribution is 2.23. The Kier molecular flexibility index (Phi) is 4.66. The first-order valence-corrected chi connectivity index (χ1v) is 7.75. The lowest BCUT2D eigenvalue weighted by atomic mass is 10.2. The van der Waals surface area contributed by atoms with Gasteiger partial charge < -0.3 is 10.6 Å². The van der Waals surface area contributed by atoms with E-state index in [1.807, 2.05) is 25.1 Å². The zero-order valence-corrected chi connectivity index (χ0v) is 14.1. The molecule has 0 aliphatic heterocycles. The molecule has 0 radical (unpaired) electrons. The molecular formula is C16H12BrF2N5. The van der Waals surface area contributed by atoms with Gasteiger partial charge in [-0.2, -0.15) is 10.1 Å². The second-order valence-corrected chi connectivity index (χ2v) is 5.86. The van der Waals surface area contributed by atoms with E-state index in [1.165, 1.54) is 12.3 Å². The van der Waals surface area contributed by atoms with E-state index < -0.39 is 11.6 Å². The third-order valence-electron chi connectivity index (χ3n) is 3.18. The predicted octanol–water partition coefficient (Wildman–Crippen LogP) is 4.71. The first-order valence-electron chi connectivity index (χ1n) is 6.96. The van der Waals surface area contributed by atoms with Crippen molar-refractivity contribution in [1.29, 1.82) is 0 Å². The topological polar surface area (TPSA) is 62.7 Å². The zero-order valence-electron chi connectivity index (χ0n) is 12.5. The fourth-order valence-electron chi connectivity index (χ4n) is 1.94. The van der Waals surface area contributed by atoms with Crippen LogP contribution in [0.4, 0.5) is 31.9 Å². The van der Waals surface area contributed by atoms with Gasteiger partial charge in [0, 0.05) is 21.9 Å². The molecule has 0 aliphatic rings. The van der Waals surface area contributed by atoms with E-state index in [2.05, 4.69) is 41.7 Å². The van der Waals surface area contributed by atoms with Crippen LogP contribution in [0.15, 0.2) is 47.1 Å². The monoisotopic (exact) mass is 391 g/mol. The van der Waals surface area contributed by atoms with Crippen molar-refractivity contribution in [2.24, 2.45) is 0 Å². The molecule has 0 saturated carbocycles. The van der Waals surface area contributed by atoms with Gasteiger partial charge >= 0.3 is 0 Å². The number of hydrogen-bond acceptors (Lipinski definition) is 5. The largest absolute Gasteiger partial charge is 0.339 e. The van der Waals surface area contributed by atoms with E-state index in [1.54, 1.807) is 0 Å². The van der Waals surface area contributed by atoms with Crippen LogP contribution in [0.2, 0.25) is 0 Å². The van der Waals surface area contributed by atoms with Crippen molar-refractivity contribution in [2.75, 3.05) is 10.6 Å². The standard InChI is InChI=1S/C16H12BrF2N5/c1-9-2-3-10(6-12(9)17)22-16-23-15(8-20-24-16)21-11-4-5-13(18)14(19)7-11/h2-8H,1H3,(H2,21,22,23,24). The Morgan fingerprint density at radius 2 is 1.71 bits per heavy atom. The molecule has 5 nitrogen and oxygen atoms in total. The molecule has 3 rings (SSSR count). The number of aryl methyl sites for hydroxylation is 1. The molecule has 2 N–H and O–H groups in total. The zero-order chi connectivity index (χ0) is 17.1. The van der Waals surface area contributed by atoms with Gasteiger partial charge in [-0.3, -0.25) is 0 Å². The lowest BCUT2D eigenvalue weighted by molar-refractivity contribution is 0.509. The molecule has 3 aromatic rings. The quantitative estimate of drug-likeness (QED) is 0.674. The van der Waals surface area contributed by atoms with Gasteiger partial charge in [0.25, 0.3) is 0 Å². The molecular weight excluding hydrogens is 380 g/mol. The number of anilines is 4. The predicted molar refractivity (Wildman–Crippen MR) is 91.6 cm³/mol. The van der Waals surface area contributed by atoms with E-state index in [4.69, 9.17) is 0 Å². The summed E-state index contributed by atoms with van der Waals surface area (Å²) in [6.45, 7) is 1.98. The molecule has 0 amide bonds. The normalized spacial score (nSPS) is 10.5. The maximum atomic E-state index is 13.2. The average molecular weight is 392 g/mol. The number of nitrogens with one attached hydrogen (secondary N) is 2. The molecule has 24 heavy (non-hydrogen) atoms. The molecule has 0 unspecified atom stereocenters. The van der Waals surface area contributed by atoms with E-state index in [9.17, 15) is 8.78 Å². The van der Waals surface area contributed by atoms with Gasteiger partial charge in [0.15, 0.2) is 17.5 Å². The SMILES string of the molecule is Cc1ccc(Nc2nncc(Nc3ccc(F)c(F)c3)n2)cc1Br. The molecule has 1 aromatic heterocycles. The van der Waals surface area contributed by atoms with Crippen molar-refractivity contribution in [3.05, 3.63) is 64.3 Å². The summed E-state index contributed by atoms with van der Waals surface area (Å²) >= 11 is 3.46. The van der Waals surface area contributed by atoms with Crippen molar-refractivity contribution >= 4 is 39.1 Å². The van der Waals surface area contributed by atoms with Crippen molar-refractivity contribution in [3.63, 3.8) is 0 Å². The van der Waals surface area contributed by atoms with Crippen LogP contribution in [0.3, 0.4) is 0 Å². The Morgan fingerprint density at radius 1 is 0.958 bits per heavy atom. The molecule has 0 saturated heterocycles. The number of benzene rings is 2. The molecule has 0 spiro atoms. The number of nitrogens with zero attached hydrogens (tertiary/aromatic N) is 3. The Bertz CT molecular complexity index is 819. The van der Waals surface area contributed by atoms with Gasteiger partial charge in [0.05, 0.1) is 6.20 Å². The smallest absolute Gasteiger partial charge is 0.249 e. The van der Waals surface area contributed by atoms with E-state index in [0.29, 0.717) is 11.5 Å². The fourth-order valence-corrected chi connectivity index (χ4v) is 2.32. The minimum Gasteiger partial charge on any atom is -0.339 e. The Morgan fingerprint density at radius 3 is 2.46 bits per heavy atom. The molecule has 0 fully saturated rings. The number of halogens is 3. The van der Waals surface area contributed by atoms with Crippen molar-refractivity contribution in [3.8, 4) is 0 Å². The maximum absolute atomic E-state index is 13.2. The number of rotatable bonds is 4. The van der Waals surface area contributed by atoms with Crippen molar-refractivity contribution in [1.82, 2.24) is 15.2 Å². The maximum Gasteiger partial charge on any atom is 0.249 e. The van der Waals surface area contributed by atoms with Gasteiger partial charge in [0.1, 0.15) is 0 Å². The lowest BCUT2D eigenvalue weighted by Gasteiger charge is -2.09. The minimum atomic E-state index is -0.940. The molecule has 8 heteroatoms. The highest BCUT2D eigenvalue weighted by Gasteiger charge is 2.06. The number of aromatic nitrogens is 3. The first-order chi connectivity index (χ1) is 11.5. The third-order valence-corrected chi connectivity index (χ3v) is 4.03. The summed E-state index contributed by atoms with van der Waals surface area (Å²) in [5.41, 5.74) is 2.26. The van der Waals surface area contributed by atoms with E-state index in [-0.39, 0.29) is 5.95 Å². The van der Waals surface area contributed by atoms with E-state index in [0.717, 1.165) is 27.9 Å². The molecule has 0 bridgehead atoms. The second kappa shape index (κ2) is 6.88. The van der Waals surface area contributed by atoms with Crippen LogP contribution in [-0.2, 0) is 0 Å². The summed E-state index contributed by atoms with van der Waals surface area (Å²) < 4.78 is 27.1. The Labute approximate surface area is 145 Å². The van der Waals surface area contributed by atoms with Crippen molar-refractivity contribution < 1.29 is 8.78 Å². The molecule has 122 valence electrons. The van der Waals surface area contributed by atoms with Gasteiger partial charge in [-0.05, 0) is 36.8 Å². The van der Waals surface area contributed by atoms with Crippen LogP contribution in [-0.4, -0.2) is 15.2 Å². The van der Waals surface area contributed by atoms with Crippen LogP contribution in [0.5, 0.6) is 0 Å². The highest BCUT2D eigenvalue weighted by atomic mass is 79.9. The highest BCUT2D eigenvalue weighted by molar-refractivity contribution is 9.10. The first kappa shape index (κ1) is 16.3. The molecule has 0 aliphatic carbocycles. The van der Waals surface area contributed by atoms with E-state index >= 15 is 0 Å². The van der Waals surface area contributed by atoms with Gasteiger partial charge in [0.2, 0.25) is 5.95 Å². The van der Waals surface area contributed by atoms with Crippen LogP contribution < -0.4 is 10.6 Å². The van der Waals surface area contributed by atoms with Crippen molar-refractivity contribution in [2.45, 2.75) is 6.92 Å². The van der Waals surface area contributed by atoms with Crippen LogP contribution in [0.25, 0.3) is 0 Å². The Hall–Kier alpha value is -2.61. The lowest BCUT2D eigenvalue weighted by Crippen LogP contribution is -2.02. The van der Waals surface area contributed by atoms with Gasteiger partial charge in [-0.1, -0.05) is 22.0 Å². The summed E-state index contributed by atoms with van der Waals surface area (Å²) in [5, 5.41) is 13.6. The minimum absolute atomic E-state index is 0.276. The summed E-state index contributed by atoms with van der Waals surface area (Å²) in [4.78, 5) is 4.24. The van der Waals surface area contributed by atoms with Crippen LogP contribution >= 0.6 is 15.9 Å². The second-order valence-electron chi connectivity index (χ2n) is 5.01. The molecule has 1 heterocycles. The Balaban J connectivity index is 1.78. The van der Waals surface area contributed by atoms with Crippen LogP contribution in [0.1, 0.15) is 5.56 Å². The van der Waals surface area contributed by atoms with Gasteiger partial charge in [-0.15, -0.1) is 5.10 Å². The van der Waals surface area contributed by atoms with Gasteiger partial charge in [-0.25, -0.2) is 8.78 Å². The van der Waals surface area contributed by atoms with Crippen LogP contribution in [0, 0.1) is 18.6 Å². The average Bonchev–Trinajstić information content (AvgIpc) is 2.55.